The molecule has 4 saturated carbocycles. The van der Waals surface area contributed by atoms with Gasteiger partial charge in [-0.15, -0.1) is 22.6 Å². The Kier molecular flexibility index (Phi) is 3.29. The van der Waals surface area contributed by atoms with E-state index in [1.54, 1.807) is 0 Å². The van der Waals surface area contributed by atoms with E-state index < -0.39 is 0 Å². The SMILES string of the molecule is Cl.NCC(c1nn[nH]n1)C12CC3CC(CC(C3)C1)C2. The monoisotopic (exact) mass is 283 g/mol. The second kappa shape index (κ2) is 4.70. The summed E-state index contributed by atoms with van der Waals surface area (Å²) >= 11 is 0. The van der Waals surface area contributed by atoms with Crippen LogP contribution in [0.1, 0.15) is 50.3 Å². The van der Waals surface area contributed by atoms with Crippen molar-refractivity contribution < 1.29 is 0 Å². The third kappa shape index (κ3) is 1.98. The maximum absolute atomic E-state index is 6.06. The number of hydrogen-bond donors (Lipinski definition) is 2. The van der Waals surface area contributed by atoms with Gasteiger partial charge in [-0.2, -0.15) is 5.21 Å². The largest absolute Gasteiger partial charge is 0.330 e. The molecule has 0 radical (unpaired) electrons. The second-order valence-electron chi connectivity index (χ2n) is 6.84. The van der Waals surface area contributed by atoms with Crippen molar-refractivity contribution in [3.63, 3.8) is 0 Å². The van der Waals surface area contributed by atoms with E-state index in [-0.39, 0.29) is 12.4 Å². The Bertz CT molecular complexity index is 397. The van der Waals surface area contributed by atoms with E-state index in [1.807, 2.05) is 0 Å². The average Bonchev–Trinajstić information content (AvgIpc) is 2.81. The minimum atomic E-state index is 0. The Hall–Kier alpha value is -0.680. The molecule has 4 fully saturated rings. The Labute approximate surface area is 119 Å². The van der Waals surface area contributed by atoms with Crippen molar-refractivity contribution in [2.75, 3.05) is 6.54 Å². The molecule has 5 rings (SSSR count). The molecule has 4 aliphatic carbocycles. The van der Waals surface area contributed by atoms with E-state index in [0.29, 0.717) is 17.9 Å². The summed E-state index contributed by atoms with van der Waals surface area (Å²) in [4.78, 5) is 0. The first-order chi connectivity index (χ1) is 8.79. The molecule has 0 spiro atoms. The van der Waals surface area contributed by atoms with Crippen LogP contribution in [0.5, 0.6) is 0 Å². The maximum Gasteiger partial charge on any atom is 0.179 e. The fourth-order valence-electron chi connectivity index (χ4n) is 5.55. The molecule has 3 N–H and O–H groups in total. The van der Waals surface area contributed by atoms with E-state index >= 15 is 0 Å². The molecule has 6 heteroatoms. The van der Waals surface area contributed by atoms with Gasteiger partial charge in [-0.3, -0.25) is 0 Å². The number of rotatable bonds is 3. The van der Waals surface area contributed by atoms with E-state index in [2.05, 4.69) is 20.6 Å². The van der Waals surface area contributed by atoms with Gasteiger partial charge >= 0.3 is 0 Å². The Morgan fingerprint density at radius 2 is 1.74 bits per heavy atom. The van der Waals surface area contributed by atoms with Crippen LogP contribution in [0.3, 0.4) is 0 Å². The zero-order valence-electron chi connectivity index (χ0n) is 11.1. The fourth-order valence-corrected chi connectivity index (χ4v) is 5.55. The van der Waals surface area contributed by atoms with Crippen molar-refractivity contribution >= 4 is 12.4 Å². The van der Waals surface area contributed by atoms with Crippen molar-refractivity contribution in [2.45, 2.75) is 44.4 Å². The first kappa shape index (κ1) is 13.3. The maximum atomic E-state index is 6.06. The van der Waals surface area contributed by atoms with Crippen LogP contribution in [0.15, 0.2) is 0 Å². The van der Waals surface area contributed by atoms with Gasteiger partial charge in [-0.25, -0.2) is 0 Å². The predicted octanol–water partition coefficient (Wildman–Crippen LogP) is 1.88. The summed E-state index contributed by atoms with van der Waals surface area (Å²) in [6.07, 6.45) is 8.41. The highest BCUT2D eigenvalue weighted by Crippen LogP contribution is 2.64. The molecule has 5 nitrogen and oxygen atoms in total. The quantitative estimate of drug-likeness (QED) is 0.887. The molecular weight excluding hydrogens is 262 g/mol. The number of tetrazole rings is 1. The second-order valence-corrected chi connectivity index (χ2v) is 6.84. The number of H-pyrrole nitrogens is 1. The highest BCUT2D eigenvalue weighted by atomic mass is 35.5. The third-order valence-electron chi connectivity index (χ3n) is 5.73. The molecule has 0 saturated heterocycles. The van der Waals surface area contributed by atoms with Crippen LogP contribution >= 0.6 is 12.4 Å². The number of nitrogens with two attached hydrogens (primary N) is 1. The van der Waals surface area contributed by atoms with Gasteiger partial charge in [0.25, 0.3) is 0 Å². The van der Waals surface area contributed by atoms with Gasteiger partial charge in [0.1, 0.15) is 0 Å². The summed E-state index contributed by atoms with van der Waals surface area (Å²) in [6, 6.07) is 0. The standard InChI is InChI=1S/C13H21N5.ClH/c14-7-11(12-15-17-18-16-12)13-4-8-1-9(5-13)3-10(2-8)6-13;/h8-11H,1-7,14H2,(H,15,16,17,18);1H. The molecule has 19 heavy (non-hydrogen) atoms. The highest BCUT2D eigenvalue weighted by molar-refractivity contribution is 5.85. The zero-order valence-corrected chi connectivity index (χ0v) is 11.9. The van der Waals surface area contributed by atoms with Crippen LogP contribution in [-0.2, 0) is 0 Å². The van der Waals surface area contributed by atoms with Crippen molar-refractivity contribution in [1.82, 2.24) is 20.6 Å². The summed E-state index contributed by atoms with van der Waals surface area (Å²) in [6.45, 7) is 0.658. The minimum absolute atomic E-state index is 0. The van der Waals surface area contributed by atoms with Crippen LogP contribution in [0.4, 0.5) is 0 Å². The molecule has 1 aromatic heterocycles. The lowest BCUT2D eigenvalue weighted by Gasteiger charge is -2.59. The third-order valence-corrected chi connectivity index (χ3v) is 5.73. The molecule has 1 unspecified atom stereocenters. The molecule has 0 aromatic carbocycles. The van der Waals surface area contributed by atoms with Crippen LogP contribution in [0, 0.1) is 23.2 Å². The van der Waals surface area contributed by atoms with Gasteiger partial charge in [0.05, 0.1) is 0 Å². The van der Waals surface area contributed by atoms with E-state index in [9.17, 15) is 0 Å². The average molecular weight is 284 g/mol. The lowest BCUT2D eigenvalue weighted by Crippen LogP contribution is -2.50. The molecule has 4 bridgehead atoms. The molecule has 4 aliphatic rings. The van der Waals surface area contributed by atoms with Crippen molar-refractivity contribution in [3.8, 4) is 0 Å². The van der Waals surface area contributed by atoms with Crippen molar-refractivity contribution in [3.05, 3.63) is 5.82 Å². The molecule has 1 atom stereocenters. The van der Waals surface area contributed by atoms with Crippen molar-refractivity contribution in [2.24, 2.45) is 28.9 Å². The van der Waals surface area contributed by atoms with Crippen LogP contribution < -0.4 is 5.73 Å². The Morgan fingerprint density at radius 3 is 2.16 bits per heavy atom. The summed E-state index contributed by atoms with van der Waals surface area (Å²) in [5.41, 5.74) is 6.45. The van der Waals surface area contributed by atoms with E-state index in [1.165, 1.54) is 38.5 Å². The summed E-state index contributed by atoms with van der Waals surface area (Å²) in [7, 11) is 0. The lowest BCUT2D eigenvalue weighted by molar-refractivity contribution is -0.0685. The molecule has 1 heterocycles. The van der Waals surface area contributed by atoms with Gasteiger partial charge in [0, 0.05) is 12.5 Å². The topological polar surface area (TPSA) is 80.5 Å². The number of hydrogen-bond acceptors (Lipinski definition) is 4. The van der Waals surface area contributed by atoms with Gasteiger partial charge in [-0.1, -0.05) is 5.21 Å². The normalized spacial score (nSPS) is 41.0. The highest BCUT2D eigenvalue weighted by Gasteiger charge is 2.54. The van der Waals surface area contributed by atoms with Crippen molar-refractivity contribution in [1.29, 1.82) is 0 Å². The van der Waals surface area contributed by atoms with E-state index in [0.717, 1.165) is 23.6 Å². The summed E-state index contributed by atoms with van der Waals surface area (Å²) in [5.74, 6) is 3.98. The van der Waals surface area contributed by atoms with Gasteiger partial charge in [0.15, 0.2) is 5.82 Å². The number of aromatic amines is 1. The molecule has 106 valence electrons. The van der Waals surface area contributed by atoms with Crippen LogP contribution in [-0.4, -0.2) is 27.2 Å². The lowest BCUT2D eigenvalue weighted by atomic mass is 9.46. The summed E-state index contributed by atoms with van der Waals surface area (Å²) < 4.78 is 0. The number of aromatic nitrogens is 4. The van der Waals surface area contributed by atoms with Gasteiger partial charge in [0.2, 0.25) is 0 Å². The number of nitrogens with one attached hydrogen (secondary N) is 1. The van der Waals surface area contributed by atoms with Crippen LogP contribution in [0.25, 0.3) is 0 Å². The Balaban J connectivity index is 0.00000110. The zero-order chi connectivity index (χ0) is 12.2. The van der Waals surface area contributed by atoms with Crippen LogP contribution in [0.2, 0.25) is 0 Å². The minimum Gasteiger partial charge on any atom is -0.330 e. The van der Waals surface area contributed by atoms with E-state index in [4.69, 9.17) is 5.73 Å². The predicted molar refractivity (Wildman–Crippen MR) is 73.8 cm³/mol. The number of nitrogens with zero attached hydrogens (tertiary/aromatic N) is 3. The first-order valence-electron chi connectivity index (χ1n) is 7.22. The molecule has 0 amide bonds. The number of halogens is 1. The fraction of sp³-hybridized carbons (Fsp3) is 0.923. The summed E-state index contributed by atoms with van der Waals surface area (Å²) in [5, 5.41) is 14.8. The van der Waals surface area contributed by atoms with Gasteiger partial charge in [-0.05, 0) is 61.7 Å². The first-order valence-corrected chi connectivity index (χ1v) is 7.22. The van der Waals surface area contributed by atoms with Gasteiger partial charge < -0.3 is 5.73 Å². The molecule has 1 aromatic rings. The smallest absolute Gasteiger partial charge is 0.179 e. The molecular formula is C13H22ClN5. The molecule has 0 aliphatic heterocycles. The Morgan fingerprint density at radius 1 is 1.16 bits per heavy atom.